The molecule has 13 heavy (non-hydrogen) atoms. The van der Waals surface area contributed by atoms with Gasteiger partial charge < -0.3 is 4.90 Å². The average Bonchev–Trinajstić information content (AvgIpc) is 2.45. The number of nitrogens with zero attached hydrogens (tertiary/aromatic N) is 4. The lowest BCUT2D eigenvalue weighted by molar-refractivity contribution is 0.0821. The number of aryl methyl sites for hydroxylation is 1. The zero-order valence-electron chi connectivity index (χ0n) is 7.77. The van der Waals surface area contributed by atoms with Crippen LogP contribution in [0.1, 0.15) is 16.2 Å². The van der Waals surface area contributed by atoms with Crippen LogP contribution in [0.25, 0.3) is 0 Å². The molecule has 68 valence electrons. The number of nitriles is 1. The predicted molar refractivity (Wildman–Crippen MR) is 45.9 cm³/mol. The highest BCUT2D eigenvalue weighted by atomic mass is 16.2. The Balaban J connectivity index is 3.06. The molecule has 1 heterocycles. The van der Waals surface area contributed by atoms with E-state index in [0.717, 1.165) is 0 Å². The van der Waals surface area contributed by atoms with Gasteiger partial charge in [-0.3, -0.25) is 9.48 Å². The number of aromatic nitrogens is 2. The molecule has 0 aliphatic carbocycles. The van der Waals surface area contributed by atoms with Crippen molar-refractivity contribution in [2.24, 2.45) is 7.05 Å². The minimum Gasteiger partial charge on any atom is -0.343 e. The molecule has 0 aromatic carbocycles. The Bertz CT molecular complexity index is 372. The fourth-order valence-electron chi connectivity index (χ4n) is 0.906. The van der Waals surface area contributed by atoms with Gasteiger partial charge in [-0.05, 0) is 0 Å². The molecule has 0 bridgehead atoms. The van der Waals surface area contributed by atoms with Crippen LogP contribution in [0.15, 0.2) is 6.07 Å². The van der Waals surface area contributed by atoms with Crippen LogP contribution in [0.2, 0.25) is 0 Å². The van der Waals surface area contributed by atoms with Crippen LogP contribution in [0.3, 0.4) is 0 Å². The van der Waals surface area contributed by atoms with Crippen LogP contribution in [0, 0.1) is 11.3 Å². The lowest BCUT2D eigenvalue weighted by Gasteiger charge is -2.06. The zero-order chi connectivity index (χ0) is 10.0. The van der Waals surface area contributed by atoms with E-state index in [0.29, 0.717) is 11.4 Å². The van der Waals surface area contributed by atoms with Crippen molar-refractivity contribution in [3.63, 3.8) is 0 Å². The predicted octanol–water partition coefficient (Wildman–Crippen LogP) is -0.00642. The molecule has 0 N–H and O–H groups in total. The third-order valence-corrected chi connectivity index (χ3v) is 1.62. The van der Waals surface area contributed by atoms with Crippen molar-refractivity contribution in [1.29, 1.82) is 5.26 Å². The van der Waals surface area contributed by atoms with Crippen LogP contribution < -0.4 is 0 Å². The first kappa shape index (κ1) is 9.26. The van der Waals surface area contributed by atoms with E-state index in [1.165, 1.54) is 15.6 Å². The van der Waals surface area contributed by atoms with Gasteiger partial charge in [-0.1, -0.05) is 0 Å². The van der Waals surface area contributed by atoms with Crippen LogP contribution in [0.4, 0.5) is 0 Å². The van der Waals surface area contributed by atoms with Gasteiger partial charge in [-0.25, -0.2) is 0 Å². The van der Waals surface area contributed by atoms with Gasteiger partial charge in [-0.15, -0.1) is 0 Å². The number of hydrogen-bond donors (Lipinski definition) is 0. The summed E-state index contributed by atoms with van der Waals surface area (Å²) in [5.74, 6) is -0.197. The largest absolute Gasteiger partial charge is 0.343 e. The lowest BCUT2D eigenvalue weighted by Crippen LogP contribution is -2.22. The highest BCUT2D eigenvalue weighted by Gasteiger charge is 2.13. The van der Waals surface area contributed by atoms with E-state index in [1.54, 1.807) is 21.1 Å². The van der Waals surface area contributed by atoms with Crippen molar-refractivity contribution < 1.29 is 4.79 Å². The molecule has 5 nitrogen and oxygen atoms in total. The van der Waals surface area contributed by atoms with Gasteiger partial charge >= 0.3 is 0 Å². The van der Waals surface area contributed by atoms with E-state index in [4.69, 9.17) is 5.26 Å². The van der Waals surface area contributed by atoms with E-state index < -0.39 is 0 Å². The summed E-state index contributed by atoms with van der Waals surface area (Å²) >= 11 is 0. The first-order valence-electron chi connectivity index (χ1n) is 3.72. The van der Waals surface area contributed by atoms with Crippen molar-refractivity contribution in [3.05, 3.63) is 17.5 Å². The van der Waals surface area contributed by atoms with Gasteiger partial charge in [0.2, 0.25) is 0 Å². The van der Waals surface area contributed by atoms with Crippen LogP contribution in [0.5, 0.6) is 0 Å². The summed E-state index contributed by atoms with van der Waals surface area (Å²) < 4.78 is 1.39. The Morgan fingerprint density at radius 3 is 2.69 bits per heavy atom. The summed E-state index contributed by atoms with van der Waals surface area (Å²) in [6, 6.07) is 3.41. The standard InChI is InChI=1S/C8H10N4O/c1-11(2)8(13)7-4-6(5-9)12(3)10-7/h4H,1-3H3. The van der Waals surface area contributed by atoms with E-state index in [2.05, 4.69) is 5.10 Å². The summed E-state index contributed by atoms with van der Waals surface area (Å²) in [4.78, 5) is 12.8. The van der Waals surface area contributed by atoms with Crippen molar-refractivity contribution in [2.75, 3.05) is 14.1 Å². The van der Waals surface area contributed by atoms with Gasteiger partial charge in [0.25, 0.3) is 5.91 Å². The Hall–Kier alpha value is -1.83. The smallest absolute Gasteiger partial charge is 0.273 e. The maximum Gasteiger partial charge on any atom is 0.273 e. The third-order valence-electron chi connectivity index (χ3n) is 1.62. The molecule has 0 aliphatic rings. The molecule has 0 spiro atoms. The number of carbonyl (C=O) groups is 1. The number of carbonyl (C=O) groups excluding carboxylic acids is 1. The Labute approximate surface area is 76.2 Å². The molecule has 1 amide bonds. The fraction of sp³-hybridized carbons (Fsp3) is 0.375. The quantitative estimate of drug-likeness (QED) is 0.607. The number of amides is 1. The maximum absolute atomic E-state index is 11.4. The van der Waals surface area contributed by atoms with Gasteiger partial charge in [0.05, 0.1) is 0 Å². The summed E-state index contributed by atoms with van der Waals surface area (Å²) in [5, 5.41) is 12.5. The second-order valence-corrected chi connectivity index (χ2v) is 2.85. The zero-order valence-corrected chi connectivity index (χ0v) is 7.77. The molecule has 0 radical (unpaired) electrons. The molecule has 0 atom stereocenters. The Kier molecular flexibility index (Phi) is 2.33. The summed E-state index contributed by atoms with van der Waals surface area (Å²) in [6.07, 6.45) is 0. The van der Waals surface area contributed by atoms with Gasteiger partial charge in [0.1, 0.15) is 11.8 Å². The summed E-state index contributed by atoms with van der Waals surface area (Å²) in [5.41, 5.74) is 0.675. The first-order valence-corrected chi connectivity index (χ1v) is 3.72. The monoisotopic (exact) mass is 178 g/mol. The van der Waals surface area contributed by atoms with Gasteiger partial charge in [0.15, 0.2) is 5.69 Å². The normalized spacial score (nSPS) is 9.38. The van der Waals surface area contributed by atoms with Crippen molar-refractivity contribution in [1.82, 2.24) is 14.7 Å². The molecule has 1 aromatic rings. The molecular weight excluding hydrogens is 168 g/mol. The second kappa shape index (κ2) is 3.27. The maximum atomic E-state index is 11.4. The topological polar surface area (TPSA) is 61.9 Å². The molecule has 0 saturated carbocycles. The third kappa shape index (κ3) is 1.67. The van der Waals surface area contributed by atoms with E-state index in [9.17, 15) is 4.79 Å². The molecule has 5 heteroatoms. The van der Waals surface area contributed by atoms with Crippen molar-refractivity contribution >= 4 is 5.91 Å². The van der Waals surface area contributed by atoms with Crippen LogP contribution in [-0.2, 0) is 7.05 Å². The number of rotatable bonds is 1. The molecule has 0 unspecified atom stereocenters. The van der Waals surface area contributed by atoms with Crippen molar-refractivity contribution in [3.8, 4) is 6.07 Å². The fourth-order valence-corrected chi connectivity index (χ4v) is 0.906. The minimum absolute atomic E-state index is 0.197. The van der Waals surface area contributed by atoms with Gasteiger partial charge in [0, 0.05) is 27.2 Å². The molecule has 1 aromatic heterocycles. The van der Waals surface area contributed by atoms with E-state index in [-0.39, 0.29) is 5.91 Å². The van der Waals surface area contributed by atoms with E-state index >= 15 is 0 Å². The van der Waals surface area contributed by atoms with Crippen molar-refractivity contribution in [2.45, 2.75) is 0 Å². The Morgan fingerprint density at radius 2 is 2.31 bits per heavy atom. The highest BCUT2D eigenvalue weighted by molar-refractivity contribution is 5.92. The SMILES string of the molecule is CN(C)C(=O)c1cc(C#N)n(C)n1. The minimum atomic E-state index is -0.197. The van der Waals surface area contributed by atoms with Crippen LogP contribution in [-0.4, -0.2) is 34.7 Å². The van der Waals surface area contributed by atoms with Gasteiger partial charge in [-0.2, -0.15) is 10.4 Å². The molecular formula is C8H10N4O. The highest BCUT2D eigenvalue weighted by Crippen LogP contribution is 2.03. The van der Waals surface area contributed by atoms with Crippen LogP contribution >= 0.6 is 0 Å². The molecule has 1 rings (SSSR count). The number of hydrogen-bond acceptors (Lipinski definition) is 3. The lowest BCUT2D eigenvalue weighted by atomic mass is 10.3. The average molecular weight is 178 g/mol. The first-order chi connectivity index (χ1) is 6.06. The molecule has 0 saturated heterocycles. The summed E-state index contributed by atoms with van der Waals surface area (Å²) in [7, 11) is 4.91. The summed E-state index contributed by atoms with van der Waals surface area (Å²) in [6.45, 7) is 0. The second-order valence-electron chi connectivity index (χ2n) is 2.85. The molecule has 0 aliphatic heterocycles. The molecule has 0 fully saturated rings. The Morgan fingerprint density at radius 1 is 1.69 bits per heavy atom. The van der Waals surface area contributed by atoms with E-state index in [1.807, 2.05) is 6.07 Å².